The molecule has 1 aromatic heterocycles. The molecular weight excluding hydrogens is 478 g/mol. The maximum atomic E-state index is 15.2. The third kappa shape index (κ3) is 5.50. The van der Waals surface area contributed by atoms with E-state index in [2.05, 4.69) is 15.5 Å². The van der Waals surface area contributed by atoms with Gasteiger partial charge in [-0.25, -0.2) is 13.5 Å². The first kappa shape index (κ1) is 24.6. The molecule has 188 valence electrons. The number of nitrogens with zero attached hydrogens (tertiary/aromatic N) is 4. The van der Waals surface area contributed by atoms with Crippen molar-refractivity contribution >= 4 is 23.3 Å². The van der Waals surface area contributed by atoms with E-state index in [9.17, 15) is 4.39 Å². The summed E-state index contributed by atoms with van der Waals surface area (Å²) in [7, 11) is 0. The van der Waals surface area contributed by atoms with Crippen molar-refractivity contribution in [3.63, 3.8) is 0 Å². The summed E-state index contributed by atoms with van der Waals surface area (Å²) >= 11 is 1.88. The van der Waals surface area contributed by atoms with E-state index in [0.29, 0.717) is 34.4 Å². The monoisotopic (exact) mass is 508 g/mol. The minimum atomic E-state index is -0.590. The molecule has 0 spiro atoms. The van der Waals surface area contributed by atoms with Crippen molar-refractivity contribution in [2.45, 2.75) is 19.3 Å². The molecule has 2 aliphatic rings. The van der Waals surface area contributed by atoms with Gasteiger partial charge >= 0.3 is 0 Å². The standard InChI is InChI=1S/C27H30F2N6S/c28-23-14-20(3-4-21(23)17-30)26-16-27(32-18-19-2-1-8-31-9-7-19)33-35(26)22-5-6-25(24(29)15-22)34-10-12-36-13-11-34/h3-6,14-16,19,31H,1-2,7-13,18H2,(H,32,33). The van der Waals surface area contributed by atoms with E-state index in [0.717, 1.165) is 63.5 Å². The number of halogens is 2. The highest BCUT2D eigenvalue weighted by Gasteiger charge is 2.19. The summed E-state index contributed by atoms with van der Waals surface area (Å²) in [6.07, 6.45) is 3.40. The Morgan fingerprint density at radius 2 is 1.92 bits per heavy atom. The molecule has 2 saturated heterocycles. The number of aromatic nitrogens is 2. The summed E-state index contributed by atoms with van der Waals surface area (Å²) in [5.41, 5.74) is 2.35. The molecule has 3 aromatic rings. The number of thioether (sulfide) groups is 1. The van der Waals surface area contributed by atoms with Gasteiger partial charge in [-0.1, -0.05) is 6.07 Å². The quantitative estimate of drug-likeness (QED) is 0.486. The Labute approximate surface area is 214 Å². The Morgan fingerprint density at radius 1 is 1.06 bits per heavy atom. The fourth-order valence-electron chi connectivity index (χ4n) is 4.87. The van der Waals surface area contributed by atoms with Gasteiger partial charge in [0.2, 0.25) is 0 Å². The average molecular weight is 509 g/mol. The van der Waals surface area contributed by atoms with Crippen molar-refractivity contribution in [3.8, 4) is 23.0 Å². The van der Waals surface area contributed by atoms with Gasteiger partial charge in [-0.2, -0.15) is 17.0 Å². The van der Waals surface area contributed by atoms with Crippen LogP contribution in [0.5, 0.6) is 0 Å². The number of benzene rings is 2. The average Bonchev–Trinajstić information content (AvgIpc) is 3.15. The highest BCUT2D eigenvalue weighted by atomic mass is 32.2. The Bertz CT molecular complexity index is 1240. The normalized spacial score (nSPS) is 18.5. The zero-order valence-corrected chi connectivity index (χ0v) is 21.0. The summed E-state index contributed by atoms with van der Waals surface area (Å²) in [5, 5.41) is 20.7. The van der Waals surface area contributed by atoms with Crippen LogP contribution in [0.1, 0.15) is 24.8 Å². The minimum Gasteiger partial charge on any atom is -0.368 e. The zero-order chi connectivity index (χ0) is 24.9. The molecule has 2 aliphatic heterocycles. The van der Waals surface area contributed by atoms with Gasteiger partial charge in [0, 0.05) is 48.8 Å². The molecule has 0 radical (unpaired) electrons. The number of hydrogen-bond donors (Lipinski definition) is 2. The molecule has 0 amide bonds. The summed E-state index contributed by atoms with van der Waals surface area (Å²) in [6, 6.07) is 13.4. The van der Waals surface area contributed by atoms with Crippen molar-refractivity contribution in [1.82, 2.24) is 15.1 Å². The molecule has 0 aliphatic carbocycles. The minimum absolute atomic E-state index is 0.0137. The van der Waals surface area contributed by atoms with E-state index < -0.39 is 5.82 Å². The van der Waals surface area contributed by atoms with Crippen LogP contribution >= 0.6 is 11.8 Å². The van der Waals surface area contributed by atoms with Crippen molar-refractivity contribution in [1.29, 1.82) is 5.26 Å². The van der Waals surface area contributed by atoms with Crippen LogP contribution < -0.4 is 15.5 Å². The van der Waals surface area contributed by atoms with E-state index in [4.69, 9.17) is 10.4 Å². The van der Waals surface area contributed by atoms with Crippen LogP contribution in [0.4, 0.5) is 20.3 Å². The smallest absolute Gasteiger partial charge is 0.149 e. The van der Waals surface area contributed by atoms with E-state index in [-0.39, 0.29) is 11.4 Å². The Kier molecular flexibility index (Phi) is 7.73. The fraction of sp³-hybridized carbons (Fsp3) is 0.407. The maximum absolute atomic E-state index is 15.2. The lowest BCUT2D eigenvalue weighted by Gasteiger charge is -2.29. The Hall–Kier alpha value is -3.09. The molecule has 2 aromatic carbocycles. The van der Waals surface area contributed by atoms with Gasteiger partial charge in [-0.15, -0.1) is 5.10 Å². The van der Waals surface area contributed by atoms with Gasteiger partial charge in [0.1, 0.15) is 23.5 Å². The molecule has 1 atom stereocenters. The fourth-order valence-corrected chi connectivity index (χ4v) is 5.77. The van der Waals surface area contributed by atoms with E-state index in [1.54, 1.807) is 16.8 Å². The largest absolute Gasteiger partial charge is 0.368 e. The molecule has 36 heavy (non-hydrogen) atoms. The number of hydrogen-bond acceptors (Lipinski definition) is 6. The van der Waals surface area contributed by atoms with Gasteiger partial charge < -0.3 is 15.5 Å². The van der Waals surface area contributed by atoms with Gasteiger partial charge in [-0.3, -0.25) is 0 Å². The van der Waals surface area contributed by atoms with Gasteiger partial charge in [0.25, 0.3) is 0 Å². The third-order valence-corrected chi connectivity index (χ3v) is 7.83. The van der Waals surface area contributed by atoms with Crippen LogP contribution in [0.2, 0.25) is 0 Å². The molecule has 2 N–H and O–H groups in total. The molecule has 2 fully saturated rings. The van der Waals surface area contributed by atoms with E-state index in [1.165, 1.54) is 18.2 Å². The highest BCUT2D eigenvalue weighted by Crippen LogP contribution is 2.30. The topological polar surface area (TPSA) is 68.9 Å². The first-order chi connectivity index (χ1) is 17.6. The van der Waals surface area contributed by atoms with E-state index >= 15 is 4.39 Å². The molecule has 5 rings (SSSR count). The van der Waals surface area contributed by atoms with Crippen LogP contribution in [0.3, 0.4) is 0 Å². The summed E-state index contributed by atoms with van der Waals surface area (Å²) in [5.74, 6) is 2.28. The predicted molar refractivity (Wildman–Crippen MR) is 142 cm³/mol. The molecule has 9 heteroatoms. The summed E-state index contributed by atoms with van der Waals surface area (Å²) < 4.78 is 31.4. The lowest BCUT2D eigenvalue weighted by molar-refractivity contribution is 0.496. The lowest BCUT2D eigenvalue weighted by atomic mass is 10.0. The second-order valence-electron chi connectivity index (χ2n) is 9.30. The lowest BCUT2D eigenvalue weighted by Crippen LogP contribution is -2.33. The van der Waals surface area contributed by atoms with Crippen LogP contribution in [-0.4, -0.2) is 54.0 Å². The molecule has 0 saturated carbocycles. The Morgan fingerprint density at radius 3 is 2.69 bits per heavy atom. The van der Waals surface area contributed by atoms with Crippen LogP contribution in [-0.2, 0) is 0 Å². The SMILES string of the molecule is N#Cc1ccc(-c2cc(NCC3CCCNCC3)nn2-c2ccc(N3CCSCC3)c(F)c2)cc1F. The predicted octanol–water partition coefficient (Wildman–Crippen LogP) is 5.04. The molecular formula is C27H30F2N6S. The number of nitrogens with one attached hydrogen (secondary N) is 2. The van der Waals surface area contributed by atoms with Crippen LogP contribution in [0.25, 0.3) is 16.9 Å². The number of anilines is 2. The Balaban J connectivity index is 1.47. The second-order valence-corrected chi connectivity index (χ2v) is 10.5. The van der Waals surface area contributed by atoms with Crippen LogP contribution in [0.15, 0.2) is 42.5 Å². The first-order valence-corrected chi connectivity index (χ1v) is 13.6. The molecule has 3 heterocycles. The van der Waals surface area contributed by atoms with Crippen molar-refractivity contribution in [3.05, 3.63) is 59.7 Å². The van der Waals surface area contributed by atoms with Crippen molar-refractivity contribution in [2.75, 3.05) is 54.4 Å². The van der Waals surface area contributed by atoms with E-state index in [1.807, 2.05) is 30.0 Å². The zero-order valence-electron chi connectivity index (χ0n) is 20.1. The van der Waals surface area contributed by atoms with Crippen LogP contribution in [0, 0.1) is 28.9 Å². The second kappa shape index (κ2) is 11.3. The van der Waals surface area contributed by atoms with Crippen molar-refractivity contribution < 1.29 is 8.78 Å². The summed E-state index contributed by atoms with van der Waals surface area (Å²) in [4.78, 5) is 2.07. The maximum Gasteiger partial charge on any atom is 0.149 e. The van der Waals surface area contributed by atoms with Crippen molar-refractivity contribution in [2.24, 2.45) is 5.92 Å². The summed E-state index contributed by atoms with van der Waals surface area (Å²) in [6.45, 7) is 4.50. The van der Waals surface area contributed by atoms with Gasteiger partial charge in [0.05, 0.1) is 22.6 Å². The van der Waals surface area contributed by atoms with Gasteiger partial charge in [-0.05, 0) is 62.5 Å². The highest BCUT2D eigenvalue weighted by molar-refractivity contribution is 7.99. The molecule has 6 nitrogen and oxygen atoms in total. The first-order valence-electron chi connectivity index (χ1n) is 12.5. The molecule has 0 bridgehead atoms. The number of rotatable bonds is 6. The molecule has 1 unspecified atom stereocenters. The number of nitriles is 1. The van der Waals surface area contributed by atoms with Gasteiger partial charge in [0.15, 0.2) is 0 Å². The third-order valence-electron chi connectivity index (χ3n) is 6.89.